The van der Waals surface area contributed by atoms with Crippen molar-refractivity contribution in [2.24, 2.45) is 0 Å². The summed E-state index contributed by atoms with van der Waals surface area (Å²) in [5.41, 5.74) is -1.20. The van der Waals surface area contributed by atoms with Crippen LogP contribution in [0.2, 0.25) is 5.02 Å². The number of sulfonamides is 1. The molecule has 0 amide bonds. The van der Waals surface area contributed by atoms with Gasteiger partial charge in [-0.05, 0) is 66.9 Å². The fourth-order valence-corrected chi connectivity index (χ4v) is 7.18. The molecule has 240 valence electrons. The van der Waals surface area contributed by atoms with Crippen LogP contribution in [0, 0.1) is 0 Å². The lowest BCUT2D eigenvalue weighted by Crippen LogP contribution is -2.44. The van der Waals surface area contributed by atoms with Gasteiger partial charge >= 0.3 is 18.3 Å². The third-order valence-electron chi connectivity index (χ3n) is 7.52. The number of ether oxygens (including phenoxy) is 1. The molecule has 3 aromatic rings. The Bertz CT molecular complexity index is 1760. The van der Waals surface area contributed by atoms with Gasteiger partial charge in [-0.1, -0.05) is 29.8 Å². The second kappa shape index (κ2) is 12.1. The standard InChI is InChI=1S/C30H25ClF6N2O5S/c31-24-6-2-5-23(30(35,36)37)28(24)18-11-13-38(14-12-18)20-7-9-26-25(16-20)39(17-21(44-26)8-10-27(40)41)45(42,43)22-4-1-3-19(15-22)29(32,33)34/h1-7,9,11,15-16,21H,8,10,12-14,17H2,(H,40,41)/t21-/m0/s1. The molecule has 0 unspecified atom stereocenters. The number of alkyl halides is 6. The maximum atomic E-state index is 13.8. The number of hydrogen-bond acceptors (Lipinski definition) is 5. The van der Waals surface area contributed by atoms with Gasteiger partial charge in [0.25, 0.3) is 10.0 Å². The van der Waals surface area contributed by atoms with Crippen molar-refractivity contribution in [2.45, 2.75) is 42.6 Å². The van der Waals surface area contributed by atoms with Crippen molar-refractivity contribution in [1.29, 1.82) is 0 Å². The van der Waals surface area contributed by atoms with Crippen molar-refractivity contribution in [1.82, 2.24) is 0 Å². The molecular weight excluding hydrogens is 650 g/mol. The minimum atomic E-state index is -4.79. The van der Waals surface area contributed by atoms with Gasteiger partial charge in [0.1, 0.15) is 11.9 Å². The number of fused-ring (bicyclic) bond motifs is 1. The highest BCUT2D eigenvalue weighted by molar-refractivity contribution is 7.92. The van der Waals surface area contributed by atoms with E-state index in [9.17, 15) is 39.6 Å². The SMILES string of the molecule is O=C(O)CC[C@H]1CN(S(=O)(=O)c2cccc(C(F)(F)F)c2)c2cc(N3CC=C(c4c(Cl)cccc4C(F)(F)F)CC3)ccc2O1. The Morgan fingerprint density at radius 3 is 2.38 bits per heavy atom. The summed E-state index contributed by atoms with van der Waals surface area (Å²) in [4.78, 5) is 12.3. The molecular formula is C30H25ClF6N2O5S. The zero-order valence-electron chi connectivity index (χ0n) is 23.2. The lowest BCUT2D eigenvalue weighted by Gasteiger charge is -2.37. The van der Waals surface area contributed by atoms with E-state index in [0.717, 1.165) is 28.6 Å². The Kier molecular flexibility index (Phi) is 8.75. The molecule has 45 heavy (non-hydrogen) atoms. The molecule has 1 atom stereocenters. The van der Waals surface area contributed by atoms with Crippen LogP contribution in [0.3, 0.4) is 0 Å². The summed E-state index contributed by atoms with van der Waals surface area (Å²) < 4.78 is 116. The van der Waals surface area contributed by atoms with Crippen LogP contribution in [0.5, 0.6) is 5.75 Å². The van der Waals surface area contributed by atoms with Gasteiger partial charge in [0, 0.05) is 35.8 Å². The first-order valence-electron chi connectivity index (χ1n) is 13.6. The number of anilines is 2. The van der Waals surface area contributed by atoms with E-state index in [1.807, 2.05) is 0 Å². The average molecular weight is 675 g/mol. The number of nitrogens with zero attached hydrogens (tertiary/aromatic N) is 2. The molecule has 0 radical (unpaired) electrons. The number of aliphatic carboxylic acids is 1. The van der Waals surface area contributed by atoms with Gasteiger partial charge in [-0.25, -0.2) is 8.42 Å². The molecule has 0 aliphatic carbocycles. The number of carboxylic acid groups (broad SMARTS) is 1. The van der Waals surface area contributed by atoms with Crippen LogP contribution in [0.25, 0.3) is 5.57 Å². The molecule has 15 heteroatoms. The zero-order valence-corrected chi connectivity index (χ0v) is 24.8. The minimum Gasteiger partial charge on any atom is -0.486 e. The molecule has 0 bridgehead atoms. The Hall–Kier alpha value is -3.91. The van der Waals surface area contributed by atoms with E-state index >= 15 is 0 Å². The number of rotatable bonds is 7. The molecule has 1 N–H and O–H groups in total. The van der Waals surface area contributed by atoms with E-state index in [-0.39, 0.29) is 60.9 Å². The highest BCUT2D eigenvalue weighted by atomic mass is 35.5. The number of benzene rings is 3. The van der Waals surface area contributed by atoms with Gasteiger partial charge in [-0.3, -0.25) is 9.10 Å². The van der Waals surface area contributed by atoms with Gasteiger partial charge < -0.3 is 14.7 Å². The van der Waals surface area contributed by atoms with E-state index in [4.69, 9.17) is 21.4 Å². The van der Waals surface area contributed by atoms with Crippen LogP contribution < -0.4 is 13.9 Å². The highest BCUT2D eigenvalue weighted by Gasteiger charge is 2.38. The summed E-state index contributed by atoms with van der Waals surface area (Å²) in [7, 11) is -4.59. The summed E-state index contributed by atoms with van der Waals surface area (Å²) in [6.45, 7) is 0.0355. The average Bonchev–Trinajstić information content (AvgIpc) is 2.98. The minimum absolute atomic E-state index is 0.0247. The molecule has 2 aliphatic heterocycles. The van der Waals surface area contributed by atoms with Crippen LogP contribution in [-0.4, -0.2) is 45.2 Å². The van der Waals surface area contributed by atoms with E-state index in [2.05, 4.69) is 0 Å². The van der Waals surface area contributed by atoms with Crippen LogP contribution in [0.15, 0.2) is 71.6 Å². The molecule has 0 spiro atoms. The highest BCUT2D eigenvalue weighted by Crippen LogP contribution is 2.43. The maximum absolute atomic E-state index is 13.8. The Morgan fingerprint density at radius 1 is 1.00 bits per heavy atom. The molecule has 5 rings (SSSR count). The Morgan fingerprint density at radius 2 is 1.73 bits per heavy atom. The zero-order chi connectivity index (χ0) is 32.7. The third kappa shape index (κ3) is 6.86. The predicted molar refractivity (Wildman–Crippen MR) is 155 cm³/mol. The quantitative estimate of drug-likeness (QED) is 0.262. The van der Waals surface area contributed by atoms with E-state index < -0.39 is 50.5 Å². The summed E-state index contributed by atoms with van der Waals surface area (Å²) >= 11 is 6.17. The molecule has 0 saturated heterocycles. The van der Waals surface area contributed by atoms with Crippen LogP contribution in [-0.2, 0) is 27.2 Å². The smallest absolute Gasteiger partial charge is 0.417 e. The van der Waals surface area contributed by atoms with Gasteiger partial charge in [0.15, 0.2) is 0 Å². The van der Waals surface area contributed by atoms with Crippen molar-refractivity contribution in [3.05, 3.63) is 88.5 Å². The lowest BCUT2D eigenvalue weighted by molar-refractivity contribution is -0.138. The first-order chi connectivity index (χ1) is 21.1. The number of carbonyl (C=O) groups is 1. The maximum Gasteiger partial charge on any atom is 0.417 e. The van der Waals surface area contributed by atoms with Crippen molar-refractivity contribution in [3.8, 4) is 5.75 Å². The third-order valence-corrected chi connectivity index (χ3v) is 9.61. The molecule has 0 saturated carbocycles. The summed E-state index contributed by atoms with van der Waals surface area (Å²) in [6.07, 6.45) is -8.92. The van der Waals surface area contributed by atoms with E-state index in [1.165, 1.54) is 24.3 Å². The number of carboxylic acids is 1. The second-order valence-corrected chi connectivity index (χ2v) is 12.7. The molecule has 7 nitrogen and oxygen atoms in total. The van der Waals surface area contributed by atoms with E-state index in [0.29, 0.717) is 17.3 Å². The fraction of sp³-hybridized carbons (Fsp3) is 0.300. The summed E-state index contributed by atoms with van der Waals surface area (Å²) in [5.74, 6) is -1.06. The second-order valence-electron chi connectivity index (χ2n) is 10.5. The molecule has 2 heterocycles. The summed E-state index contributed by atoms with van der Waals surface area (Å²) in [6, 6.07) is 11.4. The van der Waals surface area contributed by atoms with E-state index in [1.54, 1.807) is 17.0 Å². The summed E-state index contributed by atoms with van der Waals surface area (Å²) in [5, 5.41) is 9.09. The van der Waals surface area contributed by atoms with Crippen LogP contribution in [0.1, 0.15) is 36.0 Å². The number of hydrogen-bond donors (Lipinski definition) is 1. The van der Waals surface area contributed by atoms with Crippen LogP contribution in [0.4, 0.5) is 37.7 Å². The first-order valence-corrected chi connectivity index (χ1v) is 15.4. The van der Waals surface area contributed by atoms with Gasteiger partial charge in [0.05, 0.1) is 28.3 Å². The fourth-order valence-electron chi connectivity index (χ4n) is 5.34. The molecule has 3 aromatic carbocycles. The molecule has 0 aromatic heterocycles. The largest absolute Gasteiger partial charge is 0.486 e. The predicted octanol–water partition coefficient (Wildman–Crippen LogP) is 7.49. The molecule has 2 aliphatic rings. The number of halogens is 7. The van der Waals surface area contributed by atoms with Crippen molar-refractivity contribution >= 4 is 44.5 Å². The molecule has 0 fully saturated rings. The Balaban J connectivity index is 1.49. The van der Waals surface area contributed by atoms with Crippen molar-refractivity contribution in [2.75, 3.05) is 28.8 Å². The van der Waals surface area contributed by atoms with Crippen molar-refractivity contribution in [3.63, 3.8) is 0 Å². The normalized spacial score (nSPS) is 17.4. The van der Waals surface area contributed by atoms with Crippen LogP contribution >= 0.6 is 11.6 Å². The first kappa shape index (κ1) is 32.5. The monoisotopic (exact) mass is 674 g/mol. The lowest BCUT2D eigenvalue weighted by atomic mass is 9.94. The van der Waals surface area contributed by atoms with Gasteiger partial charge in [-0.15, -0.1) is 0 Å². The van der Waals surface area contributed by atoms with Gasteiger partial charge in [-0.2, -0.15) is 26.3 Å². The van der Waals surface area contributed by atoms with Gasteiger partial charge in [0.2, 0.25) is 0 Å². The van der Waals surface area contributed by atoms with Crippen molar-refractivity contribution < 1.29 is 49.4 Å². The Labute approximate surface area is 259 Å². The topological polar surface area (TPSA) is 87.2 Å².